The zero-order chi connectivity index (χ0) is 12.1. The van der Waals surface area contributed by atoms with E-state index in [-0.39, 0.29) is 0 Å². The quantitative estimate of drug-likeness (QED) is 0.823. The van der Waals surface area contributed by atoms with Crippen molar-refractivity contribution in [1.82, 2.24) is 9.97 Å². The van der Waals surface area contributed by atoms with E-state index < -0.39 is 0 Å². The van der Waals surface area contributed by atoms with Crippen LogP contribution in [-0.4, -0.2) is 23.1 Å². The van der Waals surface area contributed by atoms with Crippen LogP contribution in [-0.2, 0) is 0 Å². The minimum absolute atomic E-state index is 0.638. The van der Waals surface area contributed by atoms with Gasteiger partial charge in [-0.1, -0.05) is 19.3 Å². The second-order valence-corrected chi connectivity index (χ2v) is 4.60. The molecule has 1 aromatic rings. The molecular weight excluding hydrogens is 214 g/mol. The van der Waals surface area contributed by atoms with Crippen LogP contribution in [0.1, 0.15) is 38.2 Å². The van der Waals surface area contributed by atoms with Gasteiger partial charge in [-0.15, -0.1) is 0 Å². The van der Waals surface area contributed by atoms with Crippen LogP contribution in [0.5, 0.6) is 5.88 Å². The molecule has 0 amide bonds. The first kappa shape index (κ1) is 12.1. The Balaban J connectivity index is 1.87. The molecule has 0 aliphatic heterocycles. The van der Waals surface area contributed by atoms with Crippen LogP contribution in [0.25, 0.3) is 0 Å². The van der Waals surface area contributed by atoms with Crippen LogP contribution in [0.4, 0.5) is 5.82 Å². The van der Waals surface area contributed by atoms with E-state index in [0.717, 1.165) is 23.8 Å². The molecule has 17 heavy (non-hydrogen) atoms. The highest BCUT2D eigenvalue weighted by Crippen LogP contribution is 2.29. The first-order chi connectivity index (χ1) is 8.31. The molecule has 2 rings (SSSR count). The van der Waals surface area contributed by atoms with Crippen molar-refractivity contribution < 1.29 is 4.74 Å². The molecule has 1 aliphatic rings. The van der Waals surface area contributed by atoms with Gasteiger partial charge in [0.05, 0.1) is 12.2 Å². The van der Waals surface area contributed by atoms with E-state index >= 15 is 0 Å². The van der Waals surface area contributed by atoms with Gasteiger partial charge in [0.25, 0.3) is 0 Å². The van der Waals surface area contributed by atoms with Crippen LogP contribution >= 0.6 is 0 Å². The second-order valence-electron chi connectivity index (χ2n) is 4.60. The van der Waals surface area contributed by atoms with Gasteiger partial charge in [0, 0.05) is 6.54 Å². The summed E-state index contributed by atoms with van der Waals surface area (Å²) in [5.41, 5.74) is 1.00. The first-order valence-corrected chi connectivity index (χ1v) is 6.49. The molecule has 1 aromatic heterocycles. The lowest BCUT2D eigenvalue weighted by molar-refractivity contribution is 0.302. The molecule has 1 aliphatic carbocycles. The van der Waals surface area contributed by atoms with Gasteiger partial charge in [0.1, 0.15) is 12.1 Å². The Morgan fingerprint density at radius 2 is 2.24 bits per heavy atom. The Bertz CT molecular complexity index is 364. The first-order valence-electron chi connectivity index (χ1n) is 6.49. The van der Waals surface area contributed by atoms with Crippen molar-refractivity contribution >= 4 is 5.82 Å². The number of nitrogens with zero attached hydrogens (tertiary/aromatic N) is 2. The van der Waals surface area contributed by atoms with Crippen LogP contribution in [0.3, 0.4) is 0 Å². The third-order valence-corrected chi connectivity index (χ3v) is 3.39. The Kier molecular flexibility index (Phi) is 4.18. The molecular formula is C13H21N3O. The summed E-state index contributed by atoms with van der Waals surface area (Å²) in [6.45, 7) is 5.59. The smallest absolute Gasteiger partial charge is 0.221 e. The SMILES string of the molecule is CCOc1ncnc(NCCC2CCC2)c1C. The molecule has 0 radical (unpaired) electrons. The highest BCUT2D eigenvalue weighted by atomic mass is 16.5. The van der Waals surface area contributed by atoms with Gasteiger partial charge < -0.3 is 10.1 Å². The van der Waals surface area contributed by atoms with E-state index in [0.29, 0.717) is 12.5 Å². The molecule has 0 saturated heterocycles. The van der Waals surface area contributed by atoms with Gasteiger partial charge >= 0.3 is 0 Å². The zero-order valence-corrected chi connectivity index (χ0v) is 10.7. The Morgan fingerprint density at radius 3 is 2.88 bits per heavy atom. The maximum atomic E-state index is 5.45. The number of aromatic nitrogens is 2. The third kappa shape index (κ3) is 3.08. The lowest BCUT2D eigenvalue weighted by Crippen LogP contribution is -2.16. The maximum absolute atomic E-state index is 5.45. The molecule has 0 atom stereocenters. The molecule has 1 fully saturated rings. The molecule has 4 nitrogen and oxygen atoms in total. The van der Waals surface area contributed by atoms with Crippen LogP contribution in [0.15, 0.2) is 6.33 Å². The predicted octanol–water partition coefficient (Wildman–Crippen LogP) is 2.79. The van der Waals surface area contributed by atoms with Crippen molar-refractivity contribution in [2.75, 3.05) is 18.5 Å². The average molecular weight is 235 g/mol. The number of rotatable bonds is 6. The Hall–Kier alpha value is -1.32. The summed E-state index contributed by atoms with van der Waals surface area (Å²) in [4.78, 5) is 8.39. The van der Waals surface area contributed by atoms with Crippen molar-refractivity contribution in [3.63, 3.8) is 0 Å². The molecule has 0 bridgehead atoms. The van der Waals surface area contributed by atoms with Gasteiger partial charge in [-0.25, -0.2) is 9.97 Å². The Morgan fingerprint density at radius 1 is 1.41 bits per heavy atom. The van der Waals surface area contributed by atoms with Crippen molar-refractivity contribution in [2.45, 2.75) is 39.5 Å². The van der Waals surface area contributed by atoms with E-state index in [1.54, 1.807) is 6.33 Å². The molecule has 4 heteroatoms. The summed E-state index contributed by atoms with van der Waals surface area (Å²) in [6, 6.07) is 0. The molecule has 0 spiro atoms. The van der Waals surface area contributed by atoms with Crippen molar-refractivity contribution in [3.05, 3.63) is 11.9 Å². The lowest BCUT2D eigenvalue weighted by atomic mass is 9.83. The molecule has 1 N–H and O–H groups in total. The van der Waals surface area contributed by atoms with Crippen molar-refractivity contribution in [2.24, 2.45) is 5.92 Å². The van der Waals surface area contributed by atoms with E-state index in [9.17, 15) is 0 Å². The van der Waals surface area contributed by atoms with E-state index in [1.807, 2.05) is 13.8 Å². The summed E-state index contributed by atoms with van der Waals surface area (Å²) in [6.07, 6.45) is 7.01. The molecule has 1 saturated carbocycles. The number of anilines is 1. The second kappa shape index (κ2) is 5.84. The van der Waals surface area contributed by atoms with Gasteiger partial charge in [0.2, 0.25) is 5.88 Å². The fraction of sp³-hybridized carbons (Fsp3) is 0.692. The third-order valence-electron chi connectivity index (χ3n) is 3.39. The summed E-state index contributed by atoms with van der Waals surface area (Å²) in [7, 11) is 0. The van der Waals surface area contributed by atoms with Gasteiger partial charge in [-0.2, -0.15) is 0 Å². The van der Waals surface area contributed by atoms with Gasteiger partial charge in [0.15, 0.2) is 0 Å². The molecule has 1 heterocycles. The Labute approximate surface area is 103 Å². The number of hydrogen-bond donors (Lipinski definition) is 1. The molecule has 94 valence electrons. The lowest BCUT2D eigenvalue weighted by Gasteiger charge is -2.25. The number of ether oxygens (including phenoxy) is 1. The standard InChI is InChI=1S/C13H21N3O/c1-3-17-13-10(2)12(15-9-16-13)14-8-7-11-5-4-6-11/h9,11H,3-8H2,1-2H3,(H,14,15,16). The highest BCUT2D eigenvalue weighted by molar-refractivity contribution is 5.47. The summed E-state index contributed by atoms with van der Waals surface area (Å²) < 4.78 is 5.45. The van der Waals surface area contributed by atoms with Crippen LogP contribution < -0.4 is 10.1 Å². The van der Waals surface area contributed by atoms with Gasteiger partial charge in [-0.3, -0.25) is 0 Å². The summed E-state index contributed by atoms with van der Waals surface area (Å²) in [5.74, 6) is 2.52. The summed E-state index contributed by atoms with van der Waals surface area (Å²) in [5, 5.41) is 3.38. The minimum atomic E-state index is 0.638. The van der Waals surface area contributed by atoms with Crippen molar-refractivity contribution in [1.29, 1.82) is 0 Å². The summed E-state index contributed by atoms with van der Waals surface area (Å²) >= 11 is 0. The fourth-order valence-corrected chi connectivity index (χ4v) is 2.07. The van der Waals surface area contributed by atoms with Gasteiger partial charge in [-0.05, 0) is 26.2 Å². The monoisotopic (exact) mass is 235 g/mol. The zero-order valence-electron chi connectivity index (χ0n) is 10.7. The number of nitrogens with one attached hydrogen (secondary N) is 1. The van der Waals surface area contributed by atoms with Crippen molar-refractivity contribution in [3.8, 4) is 5.88 Å². The fourth-order valence-electron chi connectivity index (χ4n) is 2.07. The topological polar surface area (TPSA) is 47.0 Å². The van der Waals surface area contributed by atoms with Crippen LogP contribution in [0.2, 0.25) is 0 Å². The van der Waals surface area contributed by atoms with Crippen LogP contribution in [0, 0.1) is 12.8 Å². The van der Waals surface area contributed by atoms with E-state index in [2.05, 4.69) is 15.3 Å². The average Bonchev–Trinajstić information content (AvgIpc) is 2.27. The van der Waals surface area contributed by atoms with E-state index in [1.165, 1.54) is 25.7 Å². The maximum Gasteiger partial charge on any atom is 0.221 e. The minimum Gasteiger partial charge on any atom is -0.478 e. The largest absolute Gasteiger partial charge is 0.478 e. The molecule has 0 aromatic carbocycles. The predicted molar refractivity (Wildman–Crippen MR) is 68.4 cm³/mol. The normalized spacial score (nSPS) is 15.4. The highest BCUT2D eigenvalue weighted by Gasteiger charge is 2.16. The molecule has 0 unspecified atom stereocenters. The van der Waals surface area contributed by atoms with E-state index in [4.69, 9.17) is 4.74 Å². The number of hydrogen-bond acceptors (Lipinski definition) is 4.